The number of piperazine rings is 1. The minimum Gasteiger partial charge on any atom is -0.489 e. The van der Waals surface area contributed by atoms with Crippen molar-refractivity contribution in [3.05, 3.63) is 40.7 Å². The van der Waals surface area contributed by atoms with E-state index < -0.39 is 6.03 Å². The van der Waals surface area contributed by atoms with E-state index in [2.05, 4.69) is 15.3 Å². The summed E-state index contributed by atoms with van der Waals surface area (Å²) in [6, 6.07) is 5.03. The number of carbonyl (C=O) groups excluding carboxylic acids is 3. The number of urea groups is 1. The van der Waals surface area contributed by atoms with Crippen molar-refractivity contribution in [2.45, 2.75) is 39.3 Å². The molecule has 0 bridgehead atoms. The fraction of sp³-hybridized carbons (Fsp3) is 0.440. The molecule has 36 heavy (non-hydrogen) atoms. The largest absolute Gasteiger partial charge is 0.489 e. The number of aromatic nitrogens is 2. The van der Waals surface area contributed by atoms with Crippen molar-refractivity contribution >= 4 is 29.9 Å². The van der Waals surface area contributed by atoms with Gasteiger partial charge in [0.1, 0.15) is 34.7 Å². The normalized spacial score (nSPS) is 15.9. The molecule has 11 nitrogen and oxygen atoms in total. The highest BCUT2D eigenvalue weighted by Crippen LogP contribution is 2.29. The molecule has 0 spiro atoms. The highest BCUT2D eigenvalue weighted by Gasteiger charge is 2.28. The predicted molar refractivity (Wildman–Crippen MR) is 132 cm³/mol. The fourth-order valence-corrected chi connectivity index (χ4v) is 4.28. The van der Waals surface area contributed by atoms with Crippen LogP contribution >= 0.6 is 0 Å². The van der Waals surface area contributed by atoms with E-state index in [4.69, 9.17) is 4.74 Å². The van der Waals surface area contributed by atoms with Crippen LogP contribution in [0.25, 0.3) is 0 Å². The summed E-state index contributed by atoms with van der Waals surface area (Å²) in [4.78, 5) is 51.1. The van der Waals surface area contributed by atoms with Gasteiger partial charge >= 0.3 is 6.03 Å². The van der Waals surface area contributed by atoms with E-state index in [-0.39, 0.29) is 29.1 Å². The standard InChI is InChI=1S/C25H29N7O4/c1-16(2)36-21-10-22(27-12-19(21)11-26)29-25(35)32-6-4-5-17-9-18(20(15-33)28-24(17)32)13-31-8-7-30(3)23(34)14-31/h9-10,12,15-16H,4-8,13-14H2,1-3H3,(H,27,29,35). The maximum atomic E-state index is 13.2. The highest BCUT2D eigenvalue weighted by atomic mass is 16.5. The smallest absolute Gasteiger partial charge is 0.328 e. The van der Waals surface area contributed by atoms with Crippen molar-refractivity contribution in [2.75, 3.05) is 43.4 Å². The lowest BCUT2D eigenvalue weighted by Gasteiger charge is -2.33. The van der Waals surface area contributed by atoms with Gasteiger partial charge in [-0.25, -0.2) is 14.8 Å². The second-order valence-corrected chi connectivity index (χ2v) is 9.19. The molecule has 1 saturated heterocycles. The number of nitrogens with zero attached hydrogens (tertiary/aromatic N) is 6. The second-order valence-electron chi connectivity index (χ2n) is 9.19. The predicted octanol–water partition coefficient (Wildman–Crippen LogP) is 2.21. The lowest BCUT2D eigenvalue weighted by atomic mass is 10.0. The third kappa shape index (κ3) is 5.44. The first kappa shape index (κ1) is 25.1. The van der Waals surface area contributed by atoms with Crippen LogP contribution in [0.15, 0.2) is 18.3 Å². The Morgan fingerprint density at radius 1 is 1.31 bits per heavy atom. The summed E-state index contributed by atoms with van der Waals surface area (Å²) in [5.74, 6) is 1.06. The Hall–Kier alpha value is -4.04. The number of carbonyl (C=O) groups is 3. The summed E-state index contributed by atoms with van der Waals surface area (Å²) < 4.78 is 5.67. The molecule has 0 aromatic carbocycles. The molecule has 3 amide bonds. The van der Waals surface area contributed by atoms with Crippen LogP contribution in [0.1, 0.15) is 47.4 Å². The van der Waals surface area contributed by atoms with Gasteiger partial charge in [-0.3, -0.25) is 24.7 Å². The zero-order valence-corrected chi connectivity index (χ0v) is 20.7. The molecular formula is C25H29N7O4. The van der Waals surface area contributed by atoms with Gasteiger partial charge in [-0.2, -0.15) is 5.26 Å². The summed E-state index contributed by atoms with van der Waals surface area (Å²) in [6.07, 6.45) is 3.35. The van der Waals surface area contributed by atoms with E-state index in [1.165, 1.54) is 17.2 Å². The first-order valence-electron chi connectivity index (χ1n) is 11.9. The molecule has 4 rings (SSSR count). The summed E-state index contributed by atoms with van der Waals surface area (Å²) >= 11 is 0. The number of hydrogen-bond acceptors (Lipinski definition) is 8. The lowest BCUT2D eigenvalue weighted by molar-refractivity contribution is -0.134. The number of fused-ring (bicyclic) bond motifs is 1. The van der Waals surface area contributed by atoms with E-state index in [0.717, 1.165) is 24.0 Å². The molecule has 2 aromatic heterocycles. The number of aryl methyl sites for hydroxylation is 1. The van der Waals surface area contributed by atoms with Gasteiger partial charge in [0.2, 0.25) is 5.91 Å². The molecule has 4 heterocycles. The minimum absolute atomic E-state index is 0.0426. The average Bonchev–Trinajstić information content (AvgIpc) is 2.85. The third-order valence-corrected chi connectivity index (χ3v) is 6.15. The first-order valence-corrected chi connectivity index (χ1v) is 11.9. The van der Waals surface area contributed by atoms with Gasteiger partial charge in [-0.05, 0) is 43.9 Å². The molecule has 0 aliphatic carbocycles. The van der Waals surface area contributed by atoms with Gasteiger partial charge in [-0.15, -0.1) is 0 Å². The van der Waals surface area contributed by atoms with Crippen molar-refractivity contribution in [3.8, 4) is 11.8 Å². The van der Waals surface area contributed by atoms with Crippen LogP contribution in [0.4, 0.5) is 16.4 Å². The van der Waals surface area contributed by atoms with Crippen molar-refractivity contribution in [3.63, 3.8) is 0 Å². The van der Waals surface area contributed by atoms with Gasteiger partial charge in [0.25, 0.3) is 0 Å². The summed E-state index contributed by atoms with van der Waals surface area (Å²) in [5, 5.41) is 12.0. The number of pyridine rings is 2. The number of aldehydes is 1. The zero-order chi connectivity index (χ0) is 25.8. The van der Waals surface area contributed by atoms with Crippen LogP contribution in [0, 0.1) is 11.3 Å². The molecule has 0 saturated carbocycles. The Morgan fingerprint density at radius 3 is 2.81 bits per heavy atom. The Morgan fingerprint density at radius 2 is 2.11 bits per heavy atom. The van der Waals surface area contributed by atoms with Crippen LogP contribution in [0.3, 0.4) is 0 Å². The maximum Gasteiger partial charge on any atom is 0.328 e. The monoisotopic (exact) mass is 491 g/mol. The maximum absolute atomic E-state index is 13.2. The van der Waals surface area contributed by atoms with Crippen LogP contribution in [0.2, 0.25) is 0 Å². The Kier molecular flexibility index (Phi) is 7.45. The SMILES string of the molecule is CC(C)Oc1cc(NC(=O)N2CCCc3cc(CN4CCN(C)C(=O)C4)c(C=O)nc32)ncc1C#N. The Labute approximate surface area is 209 Å². The van der Waals surface area contributed by atoms with Crippen LogP contribution < -0.4 is 15.0 Å². The average molecular weight is 492 g/mol. The number of nitrogens with one attached hydrogen (secondary N) is 1. The van der Waals surface area contributed by atoms with Crippen molar-refractivity contribution in [1.82, 2.24) is 19.8 Å². The van der Waals surface area contributed by atoms with E-state index in [1.807, 2.05) is 30.9 Å². The number of likely N-dealkylation sites (N-methyl/N-ethyl adjacent to an activating group) is 1. The molecule has 0 atom stereocenters. The van der Waals surface area contributed by atoms with Gasteiger partial charge in [0.15, 0.2) is 6.29 Å². The van der Waals surface area contributed by atoms with E-state index in [9.17, 15) is 19.6 Å². The lowest BCUT2D eigenvalue weighted by Crippen LogP contribution is -2.48. The number of rotatable bonds is 6. The molecule has 2 aromatic rings. The summed E-state index contributed by atoms with van der Waals surface area (Å²) in [5.41, 5.74) is 2.14. The van der Waals surface area contributed by atoms with Gasteiger partial charge in [0.05, 0.1) is 18.8 Å². The second kappa shape index (κ2) is 10.7. The molecule has 2 aliphatic heterocycles. The Balaban J connectivity index is 1.55. The minimum atomic E-state index is -0.439. The summed E-state index contributed by atoms with van der Waals surface area (Å²) in [7, 11) is 1.78. The number of ether oxygens (including phenoxy) is 1. The fourth-order valence-electron chi connectivity index (χ4n) is 4.28. The van der Waals surface area contributed by atoms with E-state index >= 15 is 0 Å². The van der Waals surface area contributed by atoms with E-state index in [1.54, 1.807) is 11.9 Å². The molecule has 188 valence electrons. The molecule has 0 radical (unpaired) electrons. The van der Waals surface area contributed by atoms with Crippen LogP contribution in [-0.4, -0.2) is 77.3 Å². The van der Waals surface area contributed by atoms with Crippen molar-refractivity contribution in [1.29, 1.82) is 5.26 Å². The van der Waals surface area contributed by atoms with Gasteiger partial charge < -0.3 is 9.64 Å². The quantitative estimate of drug-likeness (QED) is 0.609. The topological polar surface area (TPSA) is 132 Å². The van der Waals surface area contributed by atoms with Crippen molar-refractivity contribution in [2.24, 2.45) is 0 Å². The van der Waals surface area contributed by atoms with Crippen molar-refractivity contribution < 1.29 is 19.1 Å². The van der Waals surface area contributed by atoms with Crippen LogP contribution in [0.5, 0.6) is 5.75 Å². The molecule has 11 heteroatoms. The number of anilines is 2. The first-order chi connectivity index (χ1) is 17.3. The molecule has 2 aliphatic rings. The van der Waals surface area contributed by atoms with E-state index in [0.29, 0.717) is 50.6 Å². The molecule has 1 fully saturated rings. The number of nitriles is 1. The number of amides is 3. The van der Waals surface area contributed by atoms with Gasteiger partial charge in [0, 0.05) is 39.3 Å². The summed E-state index contributed by atoms with van der Waals surface area (Å²) in [6.45, 7) is 6.20. The Bertz CT molecular complexity index is 1220. The third-order valence-electron chi connectivity index (χ3n) is 6.15. The number of hydrogen-bond donors (Lipinski definition) is 1. The molecular weight excluding hydrogens is 462 g/mol. The van der Waals surface area contributed by atoms with Gasteiger partial charge in [-0.1, -0.05) is 0 Å². The molecule has 1 N–H and O–H groups in total. The van der Waals surface area contributed by atoms with Crippen LogP contribution in [-0.2, 0) is 17.8 Å². The highest BCUT2D eigenvalue weighted by molar-refractivity contribution is 6.01. The molecule has 0 unspecified atom stereocenters. The zero-order valence-electron chi connectivity index (χ0n) is 20.7.